The van der Waals surface area contributed by atoms with Crippen LogP contribution in [0.5, 0.6) is 0 Å². The number of aliphatic hydroxyl groups is 2. The van der Waals surface area contributed by atoms with Gasteiger partial charge >= 0.3 is 46.9 Å². The SMILES string of the molecule is C=C(C)C(=O)OCC(O)CN(CC(=O)O)c1ccc(C)cc1.C=C(C)C(=O)OCC(O)CN(CC(=O)O)c1ccc(C)cc1.[Mg+2]. The molecule has 0 saturated heterocycles. The summed E-state index contributed by atoms with van der Waals surface area (Å²) in [6.07, 6.45) is -1.99. The summed E-state index contributed by atoms with van der Waals surface area (Å²) in [6, 6.07) is 14.6. The van der Waals surface area contributed by atoms with Gasteiger partial charge in [0.05, 0.1) is 0 Å². The van der Waals surface area contributed by atoms with Gasteiger partial charge in [-0.15, -0.1) is 0 Å². The molecule has 0 heterocycles. The van der Waals surface area contributed by atoms with Crippen LogP contribution in [-0.4, -0.2) is 119 Å². The Morgan fingerprint density at radius 1 is 0.667 bits per heavy atom. The van der Waals surface area contributed by atoms with Gasteiger partial charge in [0.1, 0.15) is 38.5 Å². The number of hydrogen-bond donors (Lipinski definition) is 4. The van der Waals surface area contributed by atoms with Gasteiger partial charge in [-0.25, -0.2) is 9.59 Å². The monoisotopic (exact) mass is 638 g/mol. The van der Waals surface area contributed by atoms with E-state index in [0.29, 0.717) is 11.4 Å². The molecule has 2 unspecified atom stereocenters. The molecule has 0 aromatic heterocycles. The average molecular weight is 639 g/mol. The maximum absolute atomic E-state index is 11.3. The number of rotatable bonds is 16. The van der Waals surface area contributed by atoms with Gasteiger partial charge in [-0.1, -0.05) is 48.6 Å². The number of carboxylic acid groups (broad SMARTS) is 2. The molecule has 13 heteroatoms. The molecule has 0 bridgehead atoms. The van der Waals surface area contributed by atoms with Crippen LogP contribution in [0.1, 0.15) is 25.0 Å². The second-order valence-electron chi connectivity index (χ2n) is 10.3. The number of aliphatic hydroxyl groups excluding tert-OH is 2. The van der Waals surface area contributed by atoms with Crippen molar-refractivity contribution in [2.75, 3.05) is 49.2 Å². The van der Waals surface area contributed by atoms with Crippen LogP contribution < -0.4 is 9.80 Å². The largest absolute Gasteiger partial charge is 2.00 e. The Labute approximate surface area is 279 Å². The predicted octanol–water partition coefficient (Wildman–Crippen LogP) is 2.35. The van der Waals surface area contributed by atoms with Crippen LogP contribution in [0.4, 0.5) is 11.4 Å². The quantitative estimate of drug-likeness (QED) is 0.120. The summed E-state index contributed by atoms with van der Waals surface area (Å²) < 4.78 is 9.73. The molecule has 0 amide bonds. The summed E-state index contributed by atoms with van der Waals surface area (Å²) in [5.74, 6) is -3.18. The van der Waals surface area contributed by atoms with Crippen molar-refractivity contribution in [3.8, 4) is 0 Å². The van der Waals surface area contributed by atoms with Crippen LogP contribution in [0.2, 0.25) is 0 Å². The Hall–Kier alpha value is -3.91. The second kappa shape index (κ2) is 20.9. The molecule has 0 aliphatic heterocycles. The van der Waals surface area contributed by atoms with Gasteiger partial charge in [0.2, 0.25) is 0 Å². The zero-order chi connectivity index (χ0) is 33.4. The normalized spacial score (nSPS) is 11.3. The minimum absolute atomic E-state index is 0. The number of esters is 2. The molecule has 2 aromatic rings. The first-order valence-electron chi connectivity index (χ1n) is 13.7. The molecule has 0 fully saturated rings. The second-order valence-corrected chi connectivity index (χ2v) is 10.3. The summed E-state index contributed by atoms with van der Waals surface area (Å²) in [5.41, 5.74) is 3.95. The van der Waals surface area contributed by atoms with E-state index in [1.807, 2.05) is 38.1 Å². The van der Waals surface area contributed by atoms with Crippen LogP contribution >= 0.6 is 0 Å². The fourth-order valence-corrected chi connectivity index (χ4v) is 3.56. The molecular weight excluding hydrogens is 597 g/mol. The summed E-state index contributed by atoms with van der Waals surface area (Å²) in [6.45, 7) is 12.9. The van der Waals surface area contributed by atoms with E-state index >= 15 is 0 Å². The maximum Gasteiger partial charge on any atom is 2.00 e. The summed E-state index contributed by atoms with van der Waals surface area (Å²) in [4.78, 5) is 47.5. The molecule has 4 N–H and O–H groups in total. The molecule has 0 radical (unpaired) electrons. The number of carbonyl (C=O) groups is 4. The number of aliphatic carboxylic acids is 2. The number of carboxylic acids is 2. The molecule has 0 aliphatic carbocycles. The molecular formula is C32H42MgN2O10+2. The number of anilines is 2. The smallest absolute Gasteiger partial charge is 0.480 e. The van der Waals surface area contributed by atoms with Crippen LogP contribution in [0.25, 0.3) is 0 Å². The molecule has 0 aliphatic rings. The topological polar surface area (TPSA) is 174 Å². The van der Waals surface area contributed by atoms with Crippen molar-refractivity contribution in [1.82, 2.24) is 0 Å². The van der Waals surface area contributed by atoms with E-state index in [9.17, 15) is 29.4 Å². The Morgan fingerprint density at radius 2 is 0.956 bits per heavy atom. The van der Waals surface area contributed by atoms with Crippen molar-refractivity contribution < 1.29 is 49.1 Å². The number of carbonyl (C=O) groups excluding carboxylic acids is 2. The van der Waals surface area contributed by atoms with Gasteiger partial charge in [-0.05, 0) is 52.0 Å². The van der Waals surface area contributed by atoms with Gasteiger partial charge in [0, 0.05) is 35.6 Å². The predicted molar refractivity (Wildman–Crippen MR) is 171 cm³/mol. The van der Waals surface area contributed by atoms with Crippen molar-refractivity contribution in [2.45, 2.75) is 39.9 Å². The van der Waals surface area contributed by atoms with Crippen LogP contribution in [0, 0.1) is 13.8 Å². The fraction of sp³-hybridized carbons (Fsp3) is 0.375. The van der Waals surface area contributed by atoms with E-state index in [1.54, 1.807) is 24.3 Å². The van der Waals surface area contributed by atoms with Crippen LogP contribution in [-0.2, 0) is 28.7 Å². The van der Waals surface area contributed by atoms with Crippen LogP contribution in [0.3, 0.4) is 0 Å². The minimum Gasteiger partial charge on any atom is -0.480 e. The summed E-state index contributed by atoms with van der Waals surface area (Å²) in [7, 11) is 0. The van der Waals surface area contributed by atoms with Crippen molar-refractivity contribution in [3.63, 3.8) is 0 Å². The molecule has 2 aromatic carbocycles. The zero-order valence-corrected chi connectivity index (χ0v) is 27.7. The first-order valence-corrected chi connectivity index (χ1v) is 13.7. The van der Waals surface area contributed by atoms with Gasteiger partial charge in [-0.3, -0.25) is 9.59 Å². The van der Waals surface area contributed by atoms with Gasteiger partial charge in [0.25, 0.3) is 0 Å². The van der Waals surface area contributed by atoms with Crippen molar-refractivity contribution in [3.05, 3.63) is 84.0 Å². The van der Waals surface area contributed by atoms with E-state index in [1.165, 1.54) is 23.6 Å². The van der Waals surface area contributed by atoms with E-state index in [0.717, 1.165) is 11.1 Å². The third-order valence-corrected chi connectivity index (χ3v) is 5.82. The standard InChI is InChI=1S/2C16H21NO5.Mg/c2*1-11(2)16(21)22-10-14(18)8-17(9-15(19)20)13-6-4-12(3)5-7-13;/h2*4-7,14,18H,1,8-10H2,2-3H3,(H,19,20);/q;;+2. The maximum atomic E-state index is 11.3. The van der Waals surface area contributed by atoms with E-state index in [-0.39, 0.29) is 73.6 Å². The summed E-state index contributed by atoms with van der Waals surface area (Å²) >= 11 is 0. The first kappa shape index (κ1) is 41.1. The van der Waals surface area contributed by atoms with Gasteiger partial charge in [0.15, 0.2) is 0 Å². The Morgan fingerprint density at radius 3 is 1.20 bits per heavy atom. The fourth-order valence-electron chi connectivity index (χ4n) is 3.56. The summed E-state index contributed by atoms with van der Waals surface area (Å²) in [5, 5.41) is 37.8. The number of nitrogens with zero attached hydrogens (tertiary/aromatic N) is 2. The molecule has 2 rings (SSSR count). The van der Waals surface area contributed by atoms with E-state index in [4.69, 9.17) is 19.7 Å². The van der Waals surface area contributed by atoms with Crippen molar-refractivity contribution >= 4 is 58.3 Å². The van der Waals surface area contributed by atoms with Crippen molar-refractivity contribution in [1.29, 1.82) is 0 Å². The zero-order valence-electron chi connectivity index (χ0n) is 26.3. The van der Waals surface area contributed by atoms with E-state index in [2.05, 4.69) is 13.2 Å². The minimum atomic E-state index is -1.01. The Balaban J connectivity index is 0.000000842. The number of benzene rings is 2. The molecule has 0 saturated carbocycles. The number of aryl methyl sites for hydroxylation is 2. The third kappa shape index (κ3) is 17.2. The first-order chi connectivity index (χ1) is 20.6. The molecule has 45 heavy (non-hydrogen) atoms. The third-order valence-electron chi connectivity index (χ3n) is 5.82. The van der Waals surface area contributed by atoms with E-state index < -0.39 is 36.1 Å². The molecule has 240 valence electrons. The van der Waals surface area contributed by atoms with Gasteiger partial charge in [-0.2, -0.15) is 0 Å². The average Bonchev–Trinajstić information content (AvgIpc) is 2.94. The Bertz CT molecular complexity index is 1180. The molecule has 2 atom stereocenters. The van der Waals surface area contributed by atoms with Crippen molar-refractivity contribution in [2.24, 2.45) is 0 Å². The number of hydrogen-bond acceptors (Lipinski definition) is 10. The van der Waals surface area contributed by atoms with Gasteiger partial charge < -0.3 is 39.7 Å². The Kier molecular flexibility index (Phi) is 19.1. The number of ether oxygens (including phenoxy) is 2. The van der Waals surface area contributed by atoms with Crippen LogP contribution in [0.15, 0.2) is 72.8 Å². The molecule has 0 spiro atoms. The molecule has 12 nitrogen and oxygen atoms in total.